The third kappa shape index (κ3) is 7.95. The number of hydrogen-bond donors (Lipinski definition) is 0. The lowest BCUT2D eigenvalue weighted by atomic mass is 10.1. The van der Waals surface area contributed by atoms with Crippen LogP contribution in [0.25, 0.3) is 11.3 Å². The zero-order valence-corrected chi connectivity index (χ0v) is 17.6. The van der Waals surface area contributed by atoms with E-state index in [2.05, 4.69) is 23.8 Å². The molecule has 2 aromatic rings. The monoisotopic (exact) mass is 386 g/mol. The highest BCUT2D eigenvalue weighted by atomic mass is 19.1. The van der Waals surface area contributed by atoms with Crippen molar-refractivity contribution >= 4 is 0 Å². The van der Waals surface area contributed by atoms with Gasteiger partial charge in [0.25, 0.3) is 0 Å². The smallest absolute Gasteiger partial charge is 0.165 e. The third-order valence-electron chi connectivity index (χ3n) is 4.97. The Labute approximate surface area is 169 Å². The Balaban J connectivity index is 1.76. The average molecular weight is 387 g/mol. The van der Waals surface area contributed by atoms with Crippen molar-refractivity contribution in [1.82, 2.24) is 9.97 Å². The van der Waals surface area contributed by atoms with Gasteiger partial charge in [0.2, 0.25) is 0 Å². The average Bonchev–Trinajstić information content (AvgIpc) is 2.72. The first kappa shape index (κ1) is 22.3. The molecular weight excluding hydrogens is 351 g/mol. The van der Waals surface area contributed by atoms with Crippen LogP contribution >= 0.6 is 0 Å². The van der Waals surface area contributed by atoms with E-state index in [0.717, 1.165) is 36.9 Å². The minimum absolute atomic E-state index is 0.302. The molecule has 2 rings (SSSR count). The predicted molar refractivity (Wildman–Crippen MR) is 114 cm³/mol. The molecule has 0 saturated heterocycles. The minimum atomic E-state index is -0.349. The van der Waals surface area contributed by atoms with E-state index in [0.29, 0.717) is 18.1 Å². The Bertz CT molecular complexity index is 673. The summed E-state index contributed by atoms with van der Waals surface area (Å²) < 4.78 is 19.7. The van der Waals surface area contributed by atoms with Crippen molar-refractivity contribution in [3.05, 3.63) is 42.1 Å². The van der Waals surface area contributed by atoms with E-state index in [1.807, 2.05) is 12.3 Å². The molecule has 0 atom stereocenters. The Kier molecular flexibility index (Phi) is 10.6. The molecule has 1 heterocycles. The van der Waals surface area contributed by atoms with Gasteiger partial charge < -0.3 is 4.74 Å². The van der Waals surface area contributed by atoms with E-state index in [1.54, 1.807) is 12.3 Å². The van der Waals surface area contributed by atoms with Crippen LogP contribution in [0.1, 0.15) is 83.7 Å². The molecule has 154 valence electrons. The van der Waals surface area contributed by atoms with Crippen LogP contribution in [-0.4, -0.2) is 16.6 Å². The van der Waals surface area contributed by atoms with Crippen molar-refractivity contribution in [2.24, 2.45) is 0 Å². The van der Waals surface area contributed by atoms with Gasteiger partial charge in [0.15, 0.2) is 11.6 Å². The zero-order chi connectivity index (χ0) is 20.0. The molecule has 0 aliphatic heterocycles. The van der Waals surface area contributed by atoms with E-state index >= 15 is 0 Å². The highest BCUT2D eigenvalue weighted by molar-refractivity contribution is 5.59. The van der Waals surface area contributed by atoms with Crippen LogP contribution in [0, 0.1) is 5.82 Å². The molecule has 0 aliphatic carbocycles. The predicted octanol–water partition coefficient (Wildman–Crippen LogP) is 7.14. The van der Waals surface area contributed by atoms with Crippen molar-refractivity contribution in [2.45, 2.75) is 84.5 Å². The van der Waals surface area contributed by atoms with Gasteiger partial charge in [0.05, 0.1) is 24.2 Å². The van der Waals surface area contributed by atoms with Gasteiger partial charge >= 0.3 is 0 Å². The normalized spacial score (nSPS) is 11.0. The second-order valence-corrected chi connectivity index (χ2v) is 7.47. The summed E-state index contributed by atoms with van der Waals surface area (Å²) >= 11 is 0. The second-order valence-electron chi connectivity index (χ2n) is 7.47. The van der Waals surface area contributed by atoms with Crippen molar-refractivity contribution in [3.8, 4) is 17.0 Å². The number of rotatable bonds is 14. The van der Waals surface area contributed by atoms with E-state index in [9.17, 15) is 4.39 Å². The summed E-state index contributed by atoms with van der Waals surface area (Å²) in [4.78, 5) is 8.98. The summed E-state index contributed by atoms with van der Waals surface area (Å²) in [5.41, 5.74) is 2.43. The molecule has 0 aliphatic rings. The van der Waals surface area contributed by atoms with Gasteiger partial charge in [-0.05, 0) is 37.5 Å². The van der Waals surface area contributed by atoms with Crippen LogP contribution in [0.4, 0.5) is 4.39 Å². The second kappa shape index (κ2) is 13.2. The fourth-order valence-electron chi connectivity index (χ4n) is 3.18. The highest BCUT2D eigenvalue weighted by Gasteiger charge is 2.08. The van der Waals surface area contributed by atoms with Crippen LogP contribution < -0.4 is 4.74 Å². The van der Waals surface area contributed by atoms with Crippen LogP contribution in [0.15, 0.2) is 30.6 Å². The van der Waals surface area contributed by atoms with Crippen molar-refractivity contribution in [1.29, 1.82) is 0 Å². The lowest BCUT2D eigenvalue weighted by molar-refractivity contribution is 0.294. The molecule has 4 heteroatoms. The molecule has 0 fully saturated rings. The van der Waals surface area contributed by atoms with Gasteiger partial charge in [0.1, 0.15) is 0 Å². The number of nitrogens with zero attached hydrogens (tertiary/aromatic N) is 2. The van der Waals surface area contributed by atoms with Crippen LogP contribution in [-0.2, 0) is 6.42 Å². The van der Waals surface area contributed by atoms with Gasteiger partial charge in [-0.1, -0.05) is 65.2 Å². The number of benzene rings is 1. The van der Waals surface area contributed by atoms with E-state index in [1.165, 1.54) is 51.0 Å². The molecule has 1 aromatic heterocycles. The van der Waals surface area contributed by atoms with Gasteiger partial charge in [0, 0.05) is 11.8 Å². The Hall–Kier alpha value is -1.97. The Morgan fingerprint density at radius 2 is 1.54 bits per heavy atom. The maximum atomic E-state index is 14.2. The maximum Gasteiger partial charge on any atom is 0.165 e. The van der Waals surface area contributed by atoms with Crippen LogP contribution in [0.3, 0.4) is 0 Å². The molecule has 28 heavy (non-hydrogen) atoms. The molecule has 0 amide bonds. The lowest BCUT2D eigenvalue weighted by Crippen LogP contribution is -1.99. The van der Waals surface area contributed by atoms with Crippen molar-refractivity contribution in [2.75, 3.05) is 6.61 Å². The van der Waals surface area contributed by atoms with Gasteiger partial charge in [-0.3, -0.25) is 9.97 Å². The molecule has 0 bridgehead atoms. The number of aryl methyl sites for hydroxylation is 1. The topological polar surface area (TPSA) is 35.0 Å². The SMILES string of the molecule is CCCCCCCCCCc1cnc(-c2ccc(OCCCC)c(F)c2)cn1. The summed E-state index contributed by atoms with van der Waals surface area (Å²) in [5, 5.41) is 0. The fourth-order valence-corrected chi connectivity index (χ4v) is 3.18. The molecule has 3 nitrogen and oxygen atoms in total. The largest absolute Gasteiger partial charge is 0.491 e. The quantitative estimate of drug-likeness (QED) is 0.323. The van der Waals surface area contributed by atoms with E-state index in [-0.39, 0.29) is 5.82 Å². The summed E-state index contributed by atoms with van der Waals surface area (Å²) in [6.07, 6.45) is 16.9. The van der Waals surface area contributed by atoms with E-state index in [4.69, 9.17) is 4.74 Å². The van der Waals surface area contributed by atoms with Crippen LogP contribution in [0.5, 0.6) is 5.75 Å². The standard InChI is InChI=1S/C24H35FN2O/c1-3-5-7-8-9-10-11-12-13-21-18-27-23(19-26-21)20-14-15-24(22(25)17-20)28-16-6-4-2/h14-15,17-19H,3-13,16H2,1-2H3. The summed E-state index contributed by atoms with van der Waals surface area (Å²) in [6, 6.07) is 4.99. The van der Waals surface area contributed by atoms with Gasteiger partial charge in [-0.25, -0.2) is 4.39 Å². The number of aromatic nitrogens is 2. The number of ether oxygens (including phenoxy) is 1. The molecule has 0 spiro atoms. The molecule has 1 aromatic carbocycles. The molecule has 0 radical (unpaired) electrons. The minimum Gasteiger partial charge on any atom is -0.491 e. The first-order valence-corrected chi connectivity index (χ1v) is 11.0. The zero-order valence-electron chi connectivity index (χ0n) is 17.6. The molecule has 0 saturated carbocycles. The Morgan fingerprint density at radius 3 is 2.18 bits per heavy atom. The Morgan fingerprint density at radius 1 is 0.821 bits per heavy atom. The lowest BCUT2D eigenvalue weighted by Gasteiger charge is -2.08. The number of halogens is 1. The summed E-state index contributed by atoms with van der Waals surface area (Å²) in [6.45, 7) is 4.88. The molecule has 0 N–H and O–H groups in total. The van der Waals surface area contributed by atoms with Crippen molar-refractivity contribution < 1.29 is 9.13 Å². The van der Waals surface area contributed by atoms with E-state index < -0.39 is 0 Å². The highest BCUT2D eigenvalue weighted by Crippen LogP contribution is 2.24. The summed E-state index contributed by atoms with van der Waals surface area (Å²) in [7, 11) is 0. The number of unbranched alkanes of at least 4 members (excludes halogenated alkanes) is 8. The van der Waals surface area contributed by atoms with Crippen molar-refractivity contribution in [3.63, 3.8) is 0 Å². The fraction of sp³-hybridized carbons (Fsp3) is 0.583. The molecular formula is C24H35FN2O. The van der Waals surface area contributed by atoms with Gasteiger partial charge in [-0.2, -0.15) is 0 Å². The third-order valence-corrected chi connectivity index (χ3v) is 4.97. The number of hydrogen-bond acceptors (Lipinski definition) is 3. The van der Waals surface area contributed by atoms with Crippen LogP contribution in [0.2, 0.25) is 0 Å². The first-order valence-electron chi connectivity index (χ1n) is 11.0. The van der Waals surface area contributed by atoms with Gasteiger partial charge in [-0.15, -0.1) is 0 Å². The maximum absolute atomic E-state index is 14.2. The first-order chi connectivity index (χ1) is 13.7. The molecule has 0 unspecified atom stereocenters. The summed E-state index contributed by atoms with van der Waals surface area (Å²) in [5.74, 6) is -0.0464.